The highest BCUT2D eigenvalue weighted by Crippen LogP contribution is 2.17. The van der Waals surface area contributed by atoms with Gasteiger partial charge in [-0.2, -0.15) is 0 Å². The van der Waals surface area contributed by atoms with Crippen LogP contribution in [0, 0.1) is 10.1 Å². The summed E-state index contributed by atoms with van der Waals surface area (Å²) in [5.41, 5.74) is 1.24. The third-order valence-corrected chi connectivity index (χ3v) is 3.22. The van der Waals surface area contributed by atoms with Crippen LogP contribution >= 0.6 is 11.9 Å². The van der Waals surface area contributed by atoms with Crippen molar-refractivity contribution >= 4 is 29.2 Å². The molecule has 1 amide bonds. The number of anilines is 1. The molecule has 6 nitrogen and oxygen atoms in total. The third kappa shape index (κ3) is 4.50. The zero-order chi connectivity index (χ0) is 15.1. The molecule has 0 aliphatic heterocycles. The molecule has 0 unspecified atom stereocenters. The Morgan fingerprint density at radius 1 is 1.14 bits per heavy atom. The summed E-state index contributed by atoms with van der Waals surface area (Å²) in [5.74, 6) is 0.223. The molecule has 0 saturated heterocycles. The van der Waals surface area contributed by atoms with Crippen molar-refractivity contribution < 1.29 is 9.72 Å². The zero-order valence-corrected chi connectivity index (χ0v) is 11.8. The largest absolute Gasteiger partial charge is 0.374 e. The number of amides is 1. The van der Waals surface area contributed by atoms with Gasteiger partial charge in [0.15, 0.2) is 0 Å². The number of hydrogen-bond donors (Lipinski definition) is 2. The van der Waals surface area contributed by atoms with Gasteiger partial charge in [0.2, 0.25) is 0 Å². The molecule has 108 valence electrons. The summed E-state index contributed by atoms with van der Waals surface area (Å²) in [5, 5.41) is 13.6. The Kier molecular flexibility index (Phi) is 5.16. The molecule has 2 rings (SSSR count). The number of nitro groups is 1. The van der Waals surface area contributed by atoms with Gasteiger partial charge in [0.05, 0.1) is 10.8 Å². The van der Waals surface area contributed by atoms with Crippen LogP contribution in [0.1, 0.15) is 10.4 Å². The molecule has 7 heteroatoms. The molecule has 0 bridgehead atoms. The minimum atomic E-state index is -0.449. The lowest BCUT2D eigenvalue weighted by molar-refractivity contribution is -0.384. The fourth-order valence-corrected chi connectivity index (χ4v) is 2.16. The molecular weight excluding hydrogens is 290 g/mol. The molecule has 0 aromatic heterocycles. The zero-order valence-electron chi connectivity index (χ0n) is 11.0. The molecule has 0 saturated carbocycles. The number of nitrogens with one attached hydrogen (secondary N) is 2. The van der Waals surface area contributed by atoms with Crippen molar-refractivity contribution in [3.05, 3.63) is 70.3 Å². The lowest BCUT2D eigenvalue weighted by Gasteiger charge is -2.07. The van der Waals surface area contributed by atoms with Crippen LogP contribution in [0.4, 0.5) is 11.4 Å². The van der Waals surface area contributed by atoms with Gasteiger partial charge in [-0.1, -0.05) is 24.3 Å². The molecular formula is C14H13N3O3S. The van der Waals surface area contributed by atoms with Crippen LogP contribution in [0.2, 0.25) is 0 Å². The number of non-ortho nitro benzene ring substituents is 1. The molecule has 0 aliphatic rings. The number of rotatable bonds is 6. The quantitative estimate of drug-likeness (QED) is 0.282. The maximum absolute atomic E-state index is 11.8. The van der Waals surface area contributed by atoms with Gasteiger partial charge in [0, 0.05) is 23.4 Å². The lowest BCUT2D eigenvalue weighted by atomic mass is 10.2. The monoisotopic (exact) mass is 303 g/mol. The number of benzene rings is 2. The van der Waals surface area contributed by atoms with Crippen LogP contribution in [-0.2, 0) is 0 Å². The minimum Gasteiger partial charge on any atom is -0.374 e. The molecule has 2 aromatic rings. The molecule has 2 N–H and O–H groups in total. The van der Waals surface area contributed by atoms with Crippen LogP contribution in [0.5, 0.6) is 0 Å². The highest BCUT2D eigenvalue weighted by Gasteiger charge is 2.06. The van der Waals surface area contributed by atoms with Crippen molar-refractivity contribution in [2.24, 2.45) is 0 Å². The van der Waals surface area contributed by atoms with Gasteiger partial charge in [-0.3, -0.25) is 19.6 Å². The van der Waals surface area contributed by atoms with Gasteiger partial charge in [-0.05, 0) is 30.1 Å². The number of nitrogens with zero attached hydrogens (tertiary/aromatic N) is 1. The van der Waals surface area contributed by atoms with E-state index in [1.54, 1.807) is 36.4 Å². The van der Waals surface area contributed by atoms with Gasteiger partial charge in [-0.15, -0.1) is 0 Å². The fourth-order valence-electron chi connectivity index (χ4n) is 1.60. The van der Waals surface area contributed by atoms with Crippen molar-refractivity contribution in [1.29, 1.82) is 0 Å². The van der Waals surface area contributed by atoms with E-state index >= 15 is 0 Å². The SMILES string of the molecule is O=C(NSCNc1cccc([N+](=O)[O-])c1)c1ccccc1. The third-order valence-electron chi connectivity index (χ3n) is 2.61. The average molecular weight is 303 g/mol. The number of nitro benzene ring substituents is 1. The molecule has 21 heavy (non-hydrogen) atoms. The number of hydrogen-bond acceptors (Lipinski definition) is 5. The lowest BCUT2D eigenvalue weighted by Crippen LogP contribution is -2.17. The first-order valence-corrected chi connectivity index (χ1v) is 7.11. The van der Waals surface area contributed by atoms with E-state index < -0.39 is 4.92 Å². The van der Waals surface area contributed by atoms with Crippen molar-refractivity contribution in [1.82, 2.24) is 4.72 Å². The predicted octanol–water partition coefficient (Wildman–Crippen LogP) is 3.04. The van der Waals surface area contributed by atoms with Gasteiger partial charge in [0.1, 0.15) is 0 Å². The highest BCUT2D eigenvalue weighted by molar-refractivity contribution is 7.98. The van der Waals surface area contributed by atoms with E-state index in [9.17, 15) is 14.9 Å². The Labute approximate surface area is 125 Å². The van der Waals surface area contributed by atoms with Crippen LogP contribution < -0.4 is 10.0 Å². The van der Waals surface area contributed by atoms with E-state index in [2.05, 4.69) is 10.0 Å². The summed E-state index contributed by atoms with van der Waals surface area (Å²) >= 11 is 1.18. The van der Waals surface area contributed by atoms with Gasteiger partial charge in [-0.25, -0.2) is 0 Å². The summed E-state index contributed by atoms with van der Waals surface area (Å²) in [6.07, 6.45) is 0. The molecule has 0 heterocycles. The van der Waals surface area contributed by atoms with Crippen molar-refractivity contribution in [2.45, 2.75) is 0 Å². The van der Waals surface area contributed by atoms with Crippen molar-refractivity contribution in [3.63, 3.8) is 0 Å². The summed E-state index contributed by atoms with van der Waals surface area (Å²) in [7, 11) is 0. The highest BCUT2D eigenvalue weighted by atomic mass is 32.2. The molecule has 0 atom stereocenters. The van der Waals surface area contributed by atoms with E-state index in [1.807, 2.05) is 6.07 Å². The van der Waals surface area contributed by atoms with Crippen LogP contribution in [0.15, 0.2) is 54.6 Å². The first-order chi connectivity index (χ1) is 10.2. The summed E-state index contributed by atoms with van der Waals surface area (Å²) in [6, 6.07) is 15.1. The minimum absolute atomic E-state index is 0.0262. The van der Waals surface area contributed by atoms with Gasteiger partial charge < -0.3 is 5.32 Å². The number of carbonyl (C=O) groups is 1. The van der Waals surface area contributed by atoms with E-state index in [4.69, 9.17) is 0 Å². The molecule has 2 aromatic carbocycles. The normalized spacial score (nSPS) is 9.90. The molecule has 0 spiro atoms. The Hall–Kier alpha value is -2.54. The van der Waals surface area contributed by atoms with E-state index in [0.29, 0.717) is 17.1 Å². The van der Waals surface area contributed by atoms with E-state index in [-0.39, 0.29) is 11.6 Å². The Morgan fingerprint density at radius 3 is 2.62 bits per heavy atom. The Balaban J connectivity index is 1.79. The topological polar surface area (TPSA) is 84.3 Å². The second-order valence-corrected chi connectivity index (χ2v) is 4.85. The fraction of sp³-hybridized carbons (Fsp3) is 0.0714. The average Bonchev–Trinajstić information content (AvgIpc) is 2.52. The van der Waals surface area contributed by atoms with Gasteiger partial charge in [0.25, 0.3) is 11.6 Å². The summed E-state index contributed by atoms with van der Waals surface area (Å²) in [4.78, 5) is 21.9. The second kappa shape index (κ2) is 7.30. The van der Waals surface area contributed by atoms with Crippen LogP contribution in [0.3, 0.4) is 0 Å². The summed E-state index contributed by atoms with van der Waals surface area (Å²) in [6.45, 7) is 0. The molecule has 0 fully saturated rings. The maximum Gasteiger partial charge on any atom is 0.271 e. The smallest absolute Gasteiger partial charge is 0.271 e. The predicted molar refractivity (Wildman–Crippen MR) is 83.1 cm³/mol. The summed E-state index contributed by atoms with van der Waals surface area (Å²) < 4.78 is 2.69. The molecule has 0 radical (unpaired) electrons. The standard InChI is InChI=1S/C14H13N3O3S/c18-14(11-5-2-1-3-6-11)16-21-10-15-12-7-4-8-13(9-12)17(19)20/h1-9,15H,10H2,(H,16,18). The van der Waals surface area contributed by atoms with Crippen molar-refractivity contribution in [2.75, 3.05) is 11.2 Å². The maximum atomic E-state index is 11.8. The second-order valence-electron chi connectivity index (χ2n) is 4.07. The molecule has 0 aliphatic carbocycles. The van der Waals surface area contributed by atoms with E-state index in [1.165, 1.54) is 24.1 Å². The van der Waals surface area contributed by atoms with Crippen LogP contribution in [-0.4, -0.2) is 16.7 Å². The number of carbonyl (C=O) groups excluding carboxylic acids is 1. The first-order valence-electron chi connectivity index (χ1n) is 6.12. The first kappa shape index (κ1) is 14.9. The van der Waals surface area contributed by atoms with Gasteiger partial charge >= 0.3 is 0 Å². The Morgan fingerprint density at radius 2 is 1.90 bits per heavy atom. The Bertz CT molecular complexity index is 634. The van der Waals surface area contributed by atoms with Crippen molar-refractivity contribution in [3.8, 4) is 0 Å². The van der Waals surface area contributed by atoms with E-state index in [0.717, 1.165) is 0 Å². The van der Waals surface area contributed by atoms with Crippen LogP contribution in [0.25, 0.3) is 0 Å².